The van der Waals surface area contributed by atoms with E-state index in [4.69, 9.17) is 0 Å². The van der Waals surface area contributed by atoms with E-state index < -0.39 is 0 Å². The van der Waals surface area contributed by atoms with Gasteiger partial charge in [0.1, 0.15) is 4.83 Å². The van der Waals surface area contributed by atoms with Gasteiger partial charge in [0.15, 0.2) is 0 Å². The van der Waals surface area contributed by atoms with Crippen molar-refractivity contribution in [1.29, 1.82) is 0 Å². The highest BCUT2D eigenvalue weighted by molar-refractivity contribution is 7.20. The highest BCUT2D eigenvalue weighted by Crippen LogP contribution is 2.29. The topological polar surface area (TPSA) is 38.1 Å². The summed E-state index contributed by atoms with van der Waals surface area (Å²) < 4.78 is 1.84. The summed E-state index contributed by atoms with van der Waals surface area (Å²) >= 11 is 1.50. The van der Waals surface area contributed by atoms with Crippen molar-refractivity contribution in [3.05, 3.63) is 47.0 Å². The molecule has 2 aromatic heterocycles. The van der Waals surface area contributed by atoms with Crippen molar-refractivity contribution in [3.63, 3.8) is 0 Å². The second kappa shape index (κ2) is 5.33. The molecule has 0 atom stereocenters. The summed E-state index contributed by atoms with van der Waals surface area (Å²) in [6.07, 6.45) is 0. The van der Waals surface area contributed by atoms with Crippen LogP contribution in [0.3, 0.4) is 0 Å². The van der Waals surface area contributed by atoms with E-state index in [0.717, 1.165) is 26.5 Å². The molecule has 0 aliphatic carbocycles. The van der Waals surface area contributed by atoms with E-state index in [0.29, 0.717) is 6.54 Å². The Labute approximate surface area is 127 Å². The van der Waals surface area contributed by atoms with Crippen LogP contribution in [0.15, 0.2) is 36.4 Å². The first kappa shape index (κ1) is 13.8. The number of thiophene rings is 1. The van der Waals surface area contributed by atoms with Crippen LogP contribution < -0.4 is 4.90 Å². The number of amides is 1. The molecule has 0 spiro atoms. The van der Waals surface area contributed by atoms with Crippen LogP contribution in [0.5, 0.6) is 0 Å². The molecule has 3 rings (SSSR count). The predicted octanol–water partition coefficient (Wildman–Crippen LogP) is 3.61. The molecular weight excluding hydrogens is 282 g/mol. The quantitative estimate of drug-likeness (QED) is 0.741. The monoisotopic (exact) mass is 299 g/mol. The third-order valence-corrected chi connectivity index (χ3v) is 4.73. The molecule has 5 heteroatoms. The lowest BCUT2D eigenvalue weighted by Gasteiger charge is -2.20. The Morgan fingerprint density at radius 2 is 2.05 bits per heavy atom. The van der Waals surface area contributed by atoms with Gasteiger partial charge in [-0.25, -0.2) is 0 Å². The lowest BCUT2D eigenvalue weighted by Crippen LogP contribution is -2.29. The minimum absolute atomic E-state index is 0.0456. The molecule has 1 aromatic carbocycles. The summed E-state index contributed by atoms with van der Waals surface area (Å²) in [6, 6.07) is 11.7. The number of hydrogen-bond acceptors (Lipinski definition) is 3. The molecule has 0 bridgehead atoms. The number of hydrogen-bond donors (Lipinski definition) is 0. The lowest BCUT2D eigenvalue weighted by atomic mass is 10.2. The molecular formula is C16H17N3OS. The predicted molar refractivity (Wildman–Crippen MR) is 87.1 cm³/mol. The second-order valence-electron chi connectivity index (χ2n) is 4.92. The van der Waals surface area contributed by atoms with Gasteiger partial charge in [-0.1, -0.05) is 18.2 Å². The van der Waals surface area contributed by atoms with Crippen LogP contribution in [0, 0.1) is 6.92 Å². The summed E-state index contributed by atoms with van der Waals surface area (Å²) in [5, 5.41) is 5.44. The van der Waals surface area contributed by atoms with Gasteiger partial charge in [0.05, 0.1) is 10.6 Å². The number of anilines is 1. The Bertz CT molecular complexity index is 754. The molecule has 0 saturated heterocycles. The number of fused-ring (bicyclic) bond motifs is 1. The number of nitrogens with zero attached hydrogens (tertiary/aromatic N) is 3. The summed E-state index contributed by atoms with van der Waals surface area (Å²) in [4.78, 5) is 16.4. The smallest absolute Gasteiger partial charge is 0.268 e. The molecule has 4 nitrogen and oxygen atoms in total. The molecule has 0 N–H and O–H groups in total. The highest BCUT2D eigenvalue weighted by atomic mass is 32.1. The first-order valence-corrected chi connectivity index (χ1v) is 7.73. The molecule has 108 valence electrons. The average Bonchev–Trinajstić information content (AvgIpc) is 3.03. The first-order chi connectivity index (χ1) is 10.1. The number of aromatic nitrogens is 2. The van der Waals surface area contributed by atoms with Gasteiger partial charge in [0, 0.05) is 24.7 Å². The fourth-order valence-electron chi connectivity index (χ4n) is 2.50. The van der Waals surface area contributed by atoms with Crippen LogP contribution in [0.1, 0.15) is 22.3 Å². The van der Waals surface area contributed by atoms with Crippen LogP contribution in [-0.4, -0.2) is 22.2 Å². The van der Waals surface area contributed by atoms with E-state index in [2.05, 4.69) is 5.10 Å². The zero-order valence-electron chi connectivity index (χ0n) is 12.3. The van der Waals surface area contributed by atoms with Crippen molar-refractivity contribution in [2.24, 2.45) is 7.05 Å². The molecule has 0 aliphatic heterocycles. The number of para-hydroxylation sites is 1. The molecule has 2 heterocycles. The molecule has 3 aromatic rings. The van der Waals surface area contributed by atoms with Gasteiger partial charge in [0.25, 0.3) is 5.91 Å². The third kappa shape index (κ3) is 2.34. The molecule has 0 saturated carbocycles. The normalized spacial score (nSPS) is 11.0. The maximum atomic E-state index is 12.8. The second-order valence-corrected chi connectivity index (χ2v) is 5.95. The molecule has 21 heavy (non-hydrogen) atoms. The van der Waals surface area contributed by atoms with Crippen molar-refractivity contribution < 1.29 is 4.79 Å². The zero-order valence-corrected chi connectivity index (χ0v) is 13.1. The number of aryl methyl sites for hydroxylation is 2. The van der Waals surface area contributed by atoms with Crippen LogP contribution in [-0.2, 0) is 7.05 Å². The Morgan fingerprint density at radius 1 is 1.33 bits per heavy atom. The van der Waals surface area contributed by atoms with Crippen LogP contribution >= 0.6 is 11.3 Å². The number of carbonyl (C=O) groups excluding carboxylic acids is 1. The molecule has 0 radical (unpaired) electrons. The van der Waals surface area contributed by atoms with Gasteiger partial charge < -0.3 is 4.90 Å². The Kier molecular flexibility index (Phi) is 3.51. The van der Waals surface area contributed by atoms with Crippen LogP contribution in [0.25, 0.3) is 10.2 Å². The standard InChI is InChI=1S/C16H17N3OS/c1-4-19(12-8-6-5-7-9-12)15(20)14-10-13-11(2)17-18(3)16(13)21-14/h5-10H,4H2,1-3H3. The van der Waals surface area contributed by atoms with Crippen LogP contribution in [0.2, 0.25) is 0 Å². The van der Waals surface area contributed by atoms with Crippen LogP contribution in [0.4, 0.5) is 5.69 Å². The molecule has 0 fully saturated rings. The SMILES string of the molecule is CCN(C(=O)c1cc2c(C)nn(C)c2s1)c1ccccc1. The number of benzene rings is 1. The van der Waals surface area contributed by atoms with Gasteiger partial charge in [-0.15, -0.1) is 11.3 Å². The molecule has 0 aliphatic rings. The van der Waals surface area contributed by atoms with E-state index in [1.54, 1.807) is 4.90 Å². The Hall–Kier alpha value is -2.14. The van der Waals surface area contributed by atoms with Crippen molar-refractivity contribution >= 4 is 33.1 Å². The minimum Gasteiger partial charge on any atom is -0.308 e. The maximum Gasteiger partial charge on any atom is 0.268 e. The van der Waals surface area contributed by atoms with Crippen molar-refractivity contribution in [1.82, 2.24) is 9.78 Å². The Balaban J connectivity index is 2.01. The lowest BCUT2D eigenvalue weighted by molar-refractivity contribution is 0.0992. The van der Waals surface area contributed by atoms with Crippen molar-refractivity contribution in [2.45, 2.75) is 13.8 Å². The Morgan fingerprint density at radius 3 is 2.67 bits per heavy atom. The fourth-order valence-corrected chi connectivity index (χ4v) is 3.57. The zero-order chi connectivity index (χ0) is 15.0. The maximum absolute atomic E-state index is 12.8. The van der Waals surface area contributed by atoms with Gasteiger partial charge in [-0.2, -0.15) is 5.10 Å². The van der Waals surface area contributed by atoms with Gasteiger partial charge in [-0.3, -0.25) is 9.48 Å². The fraction of sp³-hybridized carbons (Fsp3) is 0.250. The van der Waals surface area contributed by atoms with E-state index >= 15 is 0 Å². The van der Waals surface area contributed by atoms with Gasteiger partial charge in [-0.05, 0) is 32.0 Å². The summed E-state index contributed by atoms with van der Waals surface area (Å²) in [5.41, 5.74) is 1.89. The van der Waals surface area contributed by atoms with Crippen molar-refractivity contribution in [3.8, 4) is 0 Å². The van der Waals surface area contributed by atoms with E-state index in [9.17, 15) is 4.79 Å². The van der Waals surface area contributed by atoms with Crippen molar-refractivity contribution in [2.75, 3.05) is 11.4 Å². The summed E-state index contributed by atoms with van der Waals surface area (Å²) in [6.45, 7) is 4.61. The number of carbonyl (C=O) groups is 1. The summed E-state index contributed by atoms with van der Waals surface area (Å²) in [7, 11) is 1.91. The summed E-state index contributed by atoms with van der Waals surface area (Å²) in [5.74, 6) is 0.0456. The third-order valence-electron chi connectivity index (χ3n) is 3.54. The van der Waals surface area contributed by atoms with E-state index in [1.165, 1.54) is 11.3 Å². The highest BCUT2D eigenvalue weighted by Gasteiger charge is 2.20. The molecule has 0 unspecified atom stereocenters. The number of rotatable bonds is 3. The average molecular weight is 299 g/mol. The van der Waals surface area contributed by atoms with Gasteiger partial charge >= 0.3 is 0 Å². The largest absolute Gasteiger partial charge is 0.308 e. The van der Waals surface area contributed by atoms with E-state index in [-0.39, 0.29) is 5.91 Å². The minimum atomic E-state index is 0.0456. The van der Waals surface area contributed by atoms with Gasteiger partial charge in [0.2, 0.25) is 0 Å². The van der Waals surface area contributed by atoms with E-state index in [1.807, 2.05) is 62.0 Å². The first-order valence-electron chi connectivity index (χ1n) is 6.92. The molecule has 1 amide bonds.